The minimum atomic E-state index is -0.263. The van der Waals surface area contributed by atoms with Gasteiger partial charge in [0.05, 0.1) is 5.92 Å². The van der Waals surface area contributed by atoms with Crippen LogP contribution in [0.2, 0.25) is 0 Å². The molecule has 0 saturated heterocycles. The Morgan fingerprint density at radius 2 is 1.84 bits per heavy atom. The monoisotopic (exact) mass is 350 g/mol. The molecule has 1 aliphatic heterocycles. The number of allylic oxidation sites excluding steroid dienone is 4. The number of methoxy groups -OCH3 is 1. The number of hydrogen-bond acceptors (Lipinski definition) is 3. The van der Waals surface area contributed by atoms with E-state index in [-0.39, 0.29) is 29.0 Å². The molecule has 0 aromatic heterocycles. The second-order valence-electron chi connectivity index (χ2n) is 5.81. The molecule has 4 heteroatoms. The lowest BCUT2D eigenvalue weighted by Crippen LogP contribution is -2.27. The Balaban J connectivity index is 1.84. The van der Waals surface area contributed by atoms with Crippen LogP contribution in [0.25, 0.3) is 0 Å². The Labute approximate surface area is 149 Å². The highest BCUT2D eigenvalue weighted by molar-refractivity contribution is 8.16. The Morgan fingerprint density at radius 1 is 1.04 bits per heavy atom. The van der Waals surface area contributed by atoms with Gasteiger partial charge in [0.25, 0.3) is 0 Å². The molecule has 2 aliphatic rings. The molecule has 3 nitrogen and oxygen atoms in total. The van der Waals surface area contributed by atoms with Crippen molar-refractivity contribution in [3.8, 4) is 5.75 Å². The highest BCUT2D eigenvalue weighted by Crippen LogP contribution is 2.46. The highest BCUT2D eigenvalue weighted by Gasteiger charge is 2.32. The maximum atomic E-state index is 12.9. The standard InChI is InChI=1S/C21H18O3S/c1-23-14-24-15-10-12-16(13-11-15)25-19-8-4-2-6-17(19)21(22)18-7-3-5-9-20(18)25/h2-13,17H,14H2,1H3. The molecule has 0 radical (unpaired) electrons. The van der Waals surface area contributed by atoms with E-state index in [1.807, 2.05) is 48.6 Å². The van der Waals surface area contributed by atoms with Gasteiger partial charge in [-0.1, -0.05) is 42.5 Å². The van der Waals surface area contributed by atoms with Crippen LogP contribution in [0.1, 0.15) is 10.4 Å². The first kappa shape index (κ1) is 16.1. The van der Waals surface area contributed by atoms with E-state index in [0.717, 1.165) is 21.1 Å². The van der Waals surface area contributed by atoms with Gasteiger partial charge in [-0.05, 0) is 35.2 Å². The zero-order valence-corrected chi connectivity index (χ0v) is 14.7. The molecule has 0 saturated carbocycles. The lowest BCUT2D eigenvalue weighted by molar-refractivity contribution is 0.0511. The van der Waals surface area contributed by atoms with Crippen molar-refractivity contribution in [2.75, 3.05) is 13.9 Å². The van der Waals surface area contributed by atoms with Crippen molar-refractivity contribution < 1.29 is 14.3 Å². The average molecular weight is 350 g/mol. The van der Waals surface area contributed by atoms with Gasteiger partial charge in [0.2, 0.25) is 0 Å². The van der Waals surface area contributed by atoms with Crippen LogP contribution in [0.5, 0.6) is 5.75 Å². The van der Waals surface area contributed by atoms with Crippen molar-refractivity contribution in [3.05, 3.63) is 78.4 Å². The number of hydrogen-bond donors (Lipinski definition) is 0. The minimum Gasteiger partial charge on any atom is -0.468 e. The lowest BCUT2D eigenvalue weighted by Gasteiger charge is -2.28. The van der Waals surface area contributed by atoms with Crippen LogP contribution < -0.4 is 4.74 Å². The van der Waals surface area contributed by atoms with Crippen molar-refractivity contribution in [3.63, 3.8) is 0 Å². The van der Waals surface area contributed by atoms with Crippen LogP contribution in [0, 0.1) is 5.92 Å². The second-order valence-corrected chi connectivity index (χ2v) is 7.81. The van der Waals surface area contributed by atoms with Crippen LogP contribution in [0.4, 0.5) is 0 Å². The summed E-state index contributed by atoms with van der Waals surface area (Å²) in [5.41, 5.74) is 0.833. The Bertz CT molecular complexity index is 907. The molecule has 0 N–H and O–H groups in total. The smallest absolute Gasteiger partial charge is 0.188 e. The summed E-state index contributed by atoms with van der Waals surface area (Å²) < 4.78 is 10.4. The summed E-state index contributed by atoms with van der Waals surface area (Å²) in [5.74, 6) is 0.804. The zero-order valence-electron chi connectivity index (χ0n) is 13.8. The molecular weight excluding hydrogens is 332 g/mol. The van der Waals surface area contributed by atoms with Crippen LogP contribution >= 0.6 is 10.5 Å². The predicted molar refractivity (Wildman–Crippen MR) is 101 cm³/mol. The number of carbonyl (C=O) groups is 1. The molecule has 126 valence electrons. The van der Waals surface area contributed by atoms with Gasteiger partial charge in [0.1, 0.15) is 5.75 Å². The highest BCUT2D eigenvalue weighted by atomic mass is 32.2. The summed E-state index contributed by atoms with van der Waals surface area (Å²) in [5, 5.41) is 0. The fourth-order valence-electron chi connectivity index (χ4n) is 3.14. The number of fused-ring (bicyclic) bond motifs is 2. The van der Waals surface area contributed by atoms with Crippen molar-refractivity contribution in [1.29, 1.82) is 0 Å². The van der Waals surface area contributed by atoms with E-state index in [1.165, 1.54) is 4.90 Å². The molecule has 2 atom stereocenters. The topological polar surface area (TPSA) is 35.5 Å². The fraction of sp³-hybridized carbons (Fsp3) is 0.143. The van der Waals surface area contributed by atoms with Crippen molar-refractivity contribution in [2.24, 2.45) is 5.92 Å². The summed E-state index contributed by atoms with van der Waals surface area (Å²) in [4.78, 5) is 16.3. The SMILES string of the molecule is COCOc1ccc(S2=C3C=CC=CC3C(=O)c3ccccc32)cc1. The summed E-state index contributed by atoms with van der Waals surface area (Å²) in [7, 11) is 1.34. The summed E-state index contributed by atoms with van der Waals surface area (Å²) in [6.07, 6.45) is 8.08. The van der Waals surface area contributed by atoms with E-state index in [9.17, 15) is 4.79 Å². The molecule has 25 heavy (non-hydrogen) atoms. The molecule has 1 heterocycles. The van der Waals surface area contributed by atoms with E-state index in [0.29, 0.717) is 0 Å². The molecule has 2 aromatic rings. The largest absolute Gasteiger partial charge is 0.468 e. The van der Waals surface area contributed by atoms with Gasteiger partial charge in [-0.25, -0.2) is 0 Å². The van der Waals surface area contributed by atoms with Gasteiger partial charge in [-0.15, -0.1) is 10.5 Å². The maximum absolute atomic E-state index is 12.9. The number of Topliss-reactive ketones (excluding diaryl/α,β-unsaturated/α-hetero) is 1. The molecule has 0 bridgehead atoms. The van der Waals surface area contributed by atoms with Crippen molar-refractivity contribution in [2.45, 2.75) is 9.79 Å². The average Bonchev–Trinajstić information content (AvgIpc) is 2.68. The quantitative estimate of drug-likeness (QED) is 0.603. The molecule has 4 rings (SSSR count). The van der Waals surface area contributed by atoms with Gasteiger partial charge in [-0.2, -0.15) is 0 Å². The predicted octanol–water partition coefficient (Wildman–Crippen LogP) is 4.47. The number of rotatable bonds is 4. The Hall–Kier alpha value is -2.43. The maximum Gasteiger partial charge on any atom is 0.188 e. The molecule has 1 aliphatic carbocycles. The van der Waals surface area contributed by atoms with Gasteiger partial charge >= 0.3 is 0 Å². The van der Waals surface area contributed by atoms with Gasteiger partial charge in [0.15, 0.2) is 12.6 Å². The lowest BCUT2D eigenvalue weighted by atomic mass is 9.91. The number of ketones is 1. The van der Waals surface area contributed by atoms with E-state index in [4.69, 9.17) is 9.47 Å². The zero-order chi connectivity index (χ0) is 17.2. The summed E-state index contributed by atoms with van der Waals surface area (Å²) >= 11 is 0. The number of carbonyl (C=O) groups excluding carboxylic acids is 1. The molecule has 0 spiro atoms. The molecular formula is C21H18O3S. The van der Waals surface area contributed by atoms with Crippen LogP contribution in [-0.4, -0.2) is 24.6 Å². The van der Waals surface area contributed by atoms with E-state index < -0.39 is 0 Å². The van der Waals surface area contributed by atoms with Crippen LogP contribution in [0.3, 0.4) is 0 Å². The number of benzene rings is 2. The first-order valence-electron chi connectivity index (χ1n) is 8.10. The van der Waals surface area contributed by atoms with Crippen molar-refractivity contribution in [1.82, 2.24) is 0 Å². The first-order valence-corrected chi connectivity index (χ1v) is 9.33. The summed E-state index contributed by atoms with van der Waals surface area (Å²) in [6.45, 7) is 0.232. The van der Waals surface area contributed by atoms with Crippen LogP contribution in [0.15, 0.2) is 82.6 Å². The molecule has 2 aromatic carbocycles. The van der Waals surface area contributed by atoms with Crippen molar-refractivity contribution >= 4 is 21.1 Å². The normalized spacial score (nSPS) is 21.0. The third-order valence-corrected chi connectivity index (χ3v) is 6.68. The van der Waals surface area contributed by atoms with Gasteiger partial charge < -0.3 is 9.47 Å². The van der Waals surface area contributed by atoms with E-state index in [2.05, 4.69) is 24.3 Å². The third-order valence-electron chi connectivity index (χ3n) is 4.28. The minimum absolute atomic E-state index is 0.160. The number of ether oxygens (including phenoxy) is 2. The third kappa shape index (κ3) is 2.88. The molecule has 0 amide bonds. The van der Waals surface area contributed by atoms with E-state index >= 15 is 0 Å². The first-order chi connectivity index (χ1) is 12.3. The second kappa shape index (κ2) is 6.82. The summed E-state index contributed by atoms with van der Waals surface area (Å²) in [6, 6.07) is 16.0. The van der Waals surface area contributed by atoms with Gasteiger partial charge in [0, 0.05) is 22.5 Å². The Morgan fingerprint density at radius 3 is 2.64 bits per heavy atom. The molecule has 2 unspecified atom stereocenters. The van der Waals surface area contributed by atoms with Crippen LogP contribution in [-0.2, 0) is 4.74 Å². The van der Waals surface area contributed by atoms with E-state index in [1.54, 1.807) is 7.11 Å². The molecule has 0 fully saturated rings. The fourth-order valence-corrected chi connectivity index (χ4v) is 5.59. The Kier molecular flexibility index (Phi) is 4.38. The van der Waals surface area contributed by atoms with Gasteiger partial charge in [-0.3, -0.25) is 4.79 Å².